The number of benzene rings is 3. The van der Waals surface area contributed by atoms with E-state index < -0.39 is 6.04 Å². The van der Waals surface area contributed by atoms with Gasteiger partial charge >= 0.3 is 0 Å². The Hall–Kier alpha value is -3.47. The van der Waals surface area contributed by atoms with Gasteiger partial charge in [0.2, 0.25) is 11.8 Å². The minimum atomic E-state index is -0.754. The van der Waals surface area contributed by atoms with Crippen LogP contribution in [0.15, 0.2) is 78.9 Å². The fourth-order valence-corrected chi connectivity index (χ4v) is 4.14. The number of aryl methyl sites for hydroxylation is 2. The van der Waals surface area contributed by atoms with Crippen LogP contribution in [-0.2, 0) is 35.4 Å². The van der Waals surface area contributed by atoms with E-state index in [-0.39, 0.29) is 36.6 Å². The molecule has 3 aromatic rings. The van der Waals surface area contributed by atoms with Gasteiger partial charge in [-0.3, -0.25) is 9.59 Å². The molecule has 0 aliphatic heterocycles. The van der Waals surface area contributed by atoms with E-state index in [1.807, 2.05) is 56.3 Å². The van der Waals surface area contributed by atoms with E-state index >= 15 is 0 Å². The minimum Gasteiger partial charge on any atom is -0.352 e. The topological polar surface area (TPSA) is 49.4 Å². The molecule has 0 heterocycles. The molecule has 0 saturated carbocycles. The van der Waals surface area contributed by atoms with E-state index in [1.165, 1.54) is 11.6 Å². The molecule has 0 spiro atoms. The summed E-state index contributed by atoms with van der Waals surface area (Å²) in [6.07, 6.45) is 2.89. The third kappa shape index (κ3) is 7.77. The second-order valence-corrected chi connectivity index (χ2v) is 9.31. The highest BCUT2D eigenvalue weighted by atomic mass is 19.1. The van der Waals surface area contributed by atoms with Gasteiger partial charge in [-0.1, -0.05) is 86.6 Å². The van der Waals surface area contributed by atoms with Crippen molar-refractivity contribution in [3.63, 3.8) is 0 Å². The molecule has 4 nitrogen and oxygen atoms in total. The van der Waals surface area contributed by atoms with Crippen LogP contribution in [0.3, 0.4) is 0 Å². The van der Waals surface area contributed by atoms with E-state index in [2.05, 4.69) is 24.4 Å². The quantitative estimate of drug-likeness (QED) is 0.346. The lowest BCUT2D eigenvalue weighted by molar-refractivity contribution is -0.141. The van der Waals surface area contributed by atoms with Crippen LogP contribution in [0.2, 0.25) is 0 Å². The monoisotopic (exact) mass is 488 g/mol. The molecule has 0 saturated heterocycles. The average Bonchev–Trinajstić information content (AvgIpc) is 2.91. The van der Waals surface area contributed by atoms with Crippen LogP contribution in [0.4, 0.5) is 4.39 Å². The van der Waals surface area contributed by atoms with Gasteiger partial charge in [-0.15, -0.1) is 0 Å². The number of nitrogens with one attached hydrogen (secondary N) is 1. The van der Waals surface area contributed by atoms with Gasteiger partial charge in [0.1, 0.15) is 11.9 Å². The maximum atomic E-state index is 14.7. The zero-order chi connectivity index (χ0) is 25.9. The smallest absolute Gasteiger partial charge is 0.243 e. The minimum absolute atomic E-state index is 0.0294. The van der Waals surface area contributed by atoms with Gasteiger partial charge in [-0.2, -0.15) is 0 Å². The molecule has 5 heteroatoms. The Labute approximate surface area is 214 Å². The number of nitrogens with zero attached hydrogens (tertiary/aromatic N) is 1. The maximum Gasteiger partial charge on any atom is 0.243 e. The first-order valence-electron chi connectivity index (χ1n) is 12.9. The van der Waals surface area contributed by atoms with Crippen molar-refractivity contribution in [2.24, 2.45) is 0 Å². The van der Waals surface area contributed by atoms with Crippen molar-refractivity contribution < 1.29 is 14.0 Å². The molecule has 0 radical (unpaired) electrons. The predicted octanol–water partition coefficient (Wildman–Crippen LogP) is 5.88. The molecular formula is C31H37FN2O2. The average molecular weight is 489 g/mol. The summed E-state index contributed by atoms with van der Waals surface area (Å²) in [4.78, 5) is 28.7. The second-order valence-electron chi connectivity index (χ2n) is 9.31. The number of amides is 2. The van der Waals surface area contributed by atoms with E-state index in [9.17, 15) is 14.0 Å². The molecule has 0 fully saturated rings. The lowest BCUT2D eigenvalue weighted by Gasteiger charge is -2.32. The summed E-state index contributed by atoms with van der Waals surface area (Å²) < 4.78 is 14.7. The molecule has 0 aliphatic carbocycles. The Kier molecular flexibility index (Phi) is 10.2. The van der Waals surface area contributed by atoms with Crippen molar-refractivity contribution in [2.45, 2.75) is 71.5 Å². The van der Waals surface area contributed by atoms with Gasteiger partial charge in [-0.25, -0.2) is 4.39 Å². The Bertz CT molecular complexity index is 1110. The predicted molar refractivity (Wildman–Crippen MR) is 143 cm³/mol. The fourth-order valence-electron chi connectivity index (χ4n) is 4.14. The molecule has 36 heavy (non-hydrogen) atoms. The molecule has 3 rings (SSSR count). The summed E-state index contributed by atoms with van der Waals surface area (Å²) >= 11 is 0. The molecule has 2 atom stereocenters. The number of halogens is 1. The van der Waals surface area contributed by atoms with Crippen molar-refractivity contribution in [2.75, 3.05) is 0 Å². The van der Waals surface area contributed by atoms with Crippen LogP contribution in [0.25, 0.3) is 0 Å². The van der Waals surface area contributed by atoms with Gasteiger partial charge < -0.3 is 10.2 Å². The van der Waals surface area contributed by atoms with E-state index in [0.717, 1.165) is 24.0 Å². The van der Waals surface area contributed by atoms with E-state index in [1.54, 1.807) is 23.1 Å². The van der Waals surface area contributed by atoms with Crippen LogP contribution in [0.5, 0.6) is 0 Å². The van der Waals surface area contributed by atoms with Crippen LogP contribution in [-0.4, -0.2) is 28.8 Å². The lowest BCUT2D eigenvalue weighted by atomic mass is 10.0. The highest BCUT2D eigenvalue weighted by Crippen LogP contribution is 2.19. The van der Waals surface area contributed by atoms with Gasteiger partial charge in [0.05, 0.1) is 0 Å². The summed E-state index contributed by atoms with van der Waals surface area (Å²) in [5.41, 5.74) is 3.65. The number of hydrogen-bond donors (Lipinski definition) is 1. The van der Waals surface area contributed by atoms with Gasteiger partial charge in [0, 0.05) is 31.0 Å². The molecule has 190 valence electrons. The standard InChI is InChI=1S/C31H37FN2O2/c1-4-23(3)33-31(36)29(21-26-11-7-6-8-12-26)34(22-27-13-9-10-14-28(27)32)30(35)20-19-25-17-15-24(5-2)16-18-25/h6-18,23,29H,4-5,19-22H2,1-3H3,(H,33,36)/t23-,29+/m0/s1. The first kappa shape index (κ1) is 27.1. The van der Waals surface area contributed by atoms with Gasteiger partial charge in [0.15, 0.2) is 0 Å². The van der Waals surface area contributed by atoms with E-state index in [4.69, 9.17) is 0 Å². The zero-order valence-electron chi connectivity index (χ0n) is 21.5. The van der Waals surface area contributed by atoms with Crippen molar-refractivity contribution in [3.8, 4) is 0 Å². The number of carbonyl (C=O) groups is 2. The van der Waals surface area contributed by atoms with Crippen molar-refractivity contribution in [1.82, 2.24) is 10.2 Å². The first-order chi connectivity index (χ1) is 17.4. The Morgan fingerprint density at radius 3 is 2.14 bits per heavy atom. The van der Waals surface area contributed by atoms with Gasteiger partial charge in [0.25, 0.3) is 0 Å². The molecule has 0 unspecified atom stereocenters. The van der Waals surface area contributed by atoms with Crippen LogP contribution < -0.4 is 5.32 Å². The molecule has 3 aromatic carbocycles. The third-order valence-electron chi connectivity index (χ3n) is 6.63. The summed E-state index contributed by atoms with van der Waals surface area (Å²) in [5.74, 6) is -0.769. The number of rotatable bonds is 12. The molecular weight excluding hydrogens is 451 g/mol. The second kappa shape index (κ2) is 13.6. The maximum absolute atomic E-state index is 14.7. The largest absolute Gasteiger partial charge is 0.352 e. The Morgan fingerprint density at radius 1 is 0.861 bits per heavy atom. The Balaban J connectivity index is 1.90. The summed E-state index contributed by atoms with van der Waals surface area (Å²) in [5, 5.41) is 3.05. The molecule has 0 aromatic heterocycles. The molecule has 0 bridgehead atoms. The highest BCUT2D eigenvalue weighted by molar-refractivity contribution is 5.88. The van der Waals surface area contributed by atoms with Gasteiger partial charge in [-0.05, 0) is 48.9 Å². The number of hydrogen-bond acceptors (Lipinski definition) is 2. The van der Waals surface area contributed by atoms with Crippen LogP contribution in [0.1, 0.15) is 55.9 Å². The highest BCUT2D eigenvalue weighted by Gasteiger charge is 2.31. The van der Waals surface area contributed by atoms with Crippen LogP contribution >= 0.6 is 0 Å². The number of carbonyl (C=O) groups excluding carboxylic acids is 2. The zero-order valence-corrected chi connectivity index (χ0v) is 21.5. The normalized spacial score (nSPS) is 12.6. The van der Waals surface area contributed by atoms with E-state index in [0.29, 0.717) is 18.4 Å². The lowest BCUT2D eigenvalue weighted by Crippen LogP contribution is -2.52. The first-order valence-corrected chi connectivity index (χ1v) is 12.9. The summed E-state index contributed by atoms with van der Waals surface area (Å²) in [7, 11) is 0. The molecule has 1 N–H and O–H groups in total. The Morgan fingerprint density at radius 2 is 1.50 bits per heavy atom. The van der Waals surface area contributed by atoms with Crippen LogP contribution in [0, 0.1) is 5.82 Å². The summed E-state index contributed by atoms with van der Waals surface area (Å²) in [6, 6.07) is 23.6. The molecule has 0 aliphatic rings. The fraction of sp³-hybridized carbons (Fsp3) is 0.355. The summed E-state index contributed by atoms with van der Waals surface area (Å²) in [6.45, 7) is 6.09. The van der Waals surface area contributed by atoms with Crippen molar-refractivity contribution >= 4 is 11.8 Å². The molecule has 2 amide bonds. The van der Waals surface area contributed by atoms with Crippen molar-refractivity contribution in [1.29, 1.82) is 0 Å². The third-order valence-corrected chi connectivity index (χ3v) is 6.63. The SMILES string of the molecule is CCc1ccc(CCC(=O)N(Cc2ccccc2F)[C@H](Cc2ccccc2)C(=O)N[C@@H](C)CC)cc1. The van der Waals surface area contributed by atoms with Crippen molar-refractivity contribution in [3.05, 3.63) is 107 Å².